The van der Waals surface area contributed by atoms with Crippen LogP contribution in [0.15, 0.2) is 77.7 Å². The summed E-state index contributed by atoms with van der Waals surface area (Å²) in [5, 5.41) is 2.62. The molecule has 2 amide bonds. The first-order chi connectivity index (χ1) is 22.4. The molecule has 15 heteroatoms. The summed E-state index contributed by atoms with van der Waals surface area (Å²) in [6, 6.07) is 16.5. The third-order valence-corrected chi connectivity index (χ3v) is 9.50. The second-order valence-corrected chi connectivity index (χ2v) is 13.1. The van der Waals surface area contributed by atoms with Gasteiger partial charge in [-0.1, -0.05) is 12.1 Å². The van der Waals surface area contributed by atoms with E-state index in [2.05, 4.69) is 31.6 Å². The van der Waals surface area contributed by atoms with E-state index in [0.717, 1.165) is 51.2 Å². The van der Waals surface area contributed by atoms with Crippen molar-refractivity contribution in [3.8, 4) is 17.2 Å². The Bertz CT molecular complexity index is 1640. The SMILES string of the molecule is CN1CCC(N2CCN(C(=O)CNC(=O)c3ccc(S(=O)(=O)Nc4ccccc4Oc4ccc(OC(F)(F)F)cc4)cc3)CC2)CC1. The third kappa shape index (κ3) is 9.36. The van der Waals surface area contributed by atoms with Crippen molar-refractivity contribution in [3.63, 3.8) is 0 Å². The molecule has 0 unspecified atom stereocenters. The van der Waals surface area contributed by atoms with Crippen LogP contribution in [0.4, 0.5) is 18.9 Å². The molecule has 0 bridgehead atoms. The van der Waals surface area contributed by atoms with Crippen molar-refractivity contribution in [1.29, 1.82) is 0 Å². The number of sulfonamides is 1. The Hall–Kier alpha value is -4.34. The number of nitrogens with zero attached hydrogens (tertiary/aromatic N) is 3. The highest BCUT2D eigenvalue weighted by Gasteiger charge is 2.31. The summed E-state index contributed by atoms with van der Waals surface area (Å²) in [5.74, 6) is -0.861. The molecule has 3 aromatic carbocycles. The van der Waals surface area contributed by atoms with E-state index in [1.807, 2.05) is 0 Å². The molecule has 0 atom stereocenters. The molecule has 0 saturated carbocycles. The normalized spacial score (nSPS) is 16.8. The van der Waals surface area contributed by atoms with Crippen molar-refractivity contribution in [3.05, 3.63) is 78.4 Å². The molecule has 2 saturated heterocycles. The number of piperidine rings is 1. The quantitative estimate of drug-likeness (QED) is 0.329. The van der Waals surface area contributed by atoms with Gasteiger partial charge in [-0.05, 0) is 93.6 Å². The van der Waals surface area contributed by atoms with E-state index in [1.54, 1.807) is 17.0 Å². The number of rotatable bonds is 10. The number of amides is 2. The topological polar surface area (TPSA) is 121 Å². The van der Waals surface area contributed by atoms with Crippen LogP contribution in [0.1, 0.15) is 23.2 Å². The van der Waals surface area contributed by atoms with Crippen molar-refractivity contribution in [2.24, 2.45) is 0 Å². The largest absolute Gasteiger partial charge is 0.573 e. The van der Waals surface area contributed by atoms with Gasteiger partial charge in [0.05, 0.1) is 17.1 Å². The molecule has 0 radical (unpaired) electrons. The first-order valence-electron chi connectivity index (χ1n) is 15.1. The Balaban J connectivity index is 1.12. The fourth-order valence-corrected chi connectivity index (χ4v) is 6.60. The highest BCUT2D eigenvalue weighted by molar-refractivity contribution is 7.92. The van der Waals surface area contributed by atoms with Gasteiger partial charge >= 0.3 is 6.36 Å². The fourth-order valence-electron chi connectivity index (χ4n) is 5.53. The number of piperazine rings is 1. The molecule has 0 aromatic heterocycles. The van der Waals surface area contributed by atoms with E-state index < -0.39 is 28.0 Å². The van der Waals surface area contributed by atoms with Gasteiger partial charge in [-0.25, -0.2) is 8.42 Å². The summed E-state index contributed by atoms with van der Waals surface area (Å²) in [4.78, 5) is 31.9. The number of hydrogen-bond donors (Lipinski definition) is 2. The number of anilines is 1. The van der Waals surface area contributed by atoms with Gasteiger partial charge in [-0.3, -0.25) is 19.2 Å². The van der Waals surface area contributed by atoms with Gasteiger partial charge in [0.1, 0.15) is 11.5 Å². The van der Waals surface area contributed by atoms with Crippen LogP contribution in [0.25, 0.3) is 0 Å². The van der Waals surface area contributed by atoms with Crippen LogP contribution in [0.5, 0.6) is 17.2 Å². The average molecular weight is 676 g/mol. The third-order valence-electron chi connectivity index (χ3n) is 8.11. The first kappa shape index (κ1) is 34.0. The Morgan fingerprint density at radius 3 is 2.11 bits per heavy atom. The minimum absolute atomic E-state index is 0.0793. The number of likely N-dealkylation sites (tertiary alicyclic amines) is 1. The molecule has 2 fully saturated rings. The number of benzene rings is 3. The maximum Gasteiger partial charge on any atom is 0.573 e. The highest BCUT2D eigenvalue weighted by atomic mass is 32.2. The predicted molar refractivity (Wildman–Crippen MR) is 168 cm³/mol. The number of nitrogens with one attached hydrogen (secondary N) is 2. The minimum atomic E-state index is -4.84. The van der Waals surface area contributed by atoms with Crippen molar-refractivity contribution in [1.82, 2.24) is 20.0 Å². The second kappa shape index (κ2) is 14.6. The summed E-state index contributed by atoms with van der Waals surface area (Å²) < 4.78 is 75.6. The number of hydrogen-bond acceptors (Lipinski definition) is 8. The maximum absolute atomic E-state index is 13.1. The standard InChI is InChI=1S/C32H36F3N5O6S/c1-38-16-14-24(15-17-38)39-18-20-40(21-19-39)30(41)22-36-31(42)23-6-12-27(13-7-23)47(43,44)37-28-4-2-3-5-29(28)45-25-8-10-26(11-9-25)46-32(33,34)35/h2-13,24,37H,14-22H2,1H3,(H,36,42). The number of carbonyl (C=O) groups is 2. The molecule has 3 aromatic rings. The molecule has 5 rings (SSSR count). The molecule has 2 heterocycles. The number of halogens is 3. The Morgan fingerprint density at radius 1 is 0.851 bits per heavy atom. The number of carbonyl (C=O) groups excluding carboxylic acids is 2. The smallest absolute Gasteiger partial charge is 0.455 e. The van der Waals surface area contributed by atoms with Crippen LogP contribution in [-0.4, -0.2) is 100 Å². The molecule has 2 aliphatic heterocycles. The zero-order valence-electron chi connectivity index (χ0n) is 25.7. The fraction of sp³-hybridized carbons (Fsp3) is 0.375. The van der Waals surface area contributed by atoms with E-state index in [0.29, 0.717) is 19.1 Å². The van der Waals surface area contributed by atoms with Gasteiger partial charge in [-0.15, -0.1) is 13.2 Å². The van der Waals surface area contributed by atoms with E-state index in [-0.39, 0.29) is 40.1 Å². The summed E-state index contributed by atoms with van der Waals surface area (Å²) >= 11 is 0. The number of alkyl halides is 3. The van der Waals surface area contributed by atoms with Gasteiger partial charge in [0, 0.05) is 37.8 Å². The molecule has 47 heavy (non-hydrogen) atoms. The molecular formula is C32H36F3N5O6S. The minimum Gasteiger partial charge on any atom is -0.455 e. The van der Waals surface area contributed by atoms with Crippen LogP contribution in [0.3, 0.4) is 0 Å². The molecular weight excluding hydrogens is 639 g/mol. The van der Waals surface area contributed by atoms with Gasteiger partial charge in [0.15, 0.2) is 5.75 Å². The van der Waals surface area contributed by atoms with Gasteiger partial charge in [-0.2, -0.15) is 0 Å². The molecule has 0 spiro atoms. The Morgan fingerprint density at radius 2 is 1.47 bits per heavy atom. The lowest BCUT2D eigenvalue weighted by Gasteiger charge is -2.42. The van der Waals surface area contributed by atoms with E-state index in [4.69, 9.17) is 4.74 Å². The molecule has 2 aliphatic rings. The summed E-state index contributed by atoms with van der Waals surface area (Å²) in [6.07, 6.45) is -2.58. The lowest BCUT2D eigenvalue weighted by Crippen LogP contribution is -2.55. The average Bonchev–Trinajstić information content (AvgIpc) is 3.05. The monoisotopic (exact) mass is 675 g/mol. The van der Waals surface area contributed by atoms with Crippen molar-refractivity contribution in [2.75, 3.05) is 57.6 Å². The van der Waals surface area contributed by atoms with E-state index in [9.17, 15) is 31.2 Å². The molecule has 252 valence electrons. The van der Waals surface area contributed by atoms with Crippen LogP contribution in [-0.2, 0) is 14.8 Å². The molecule has 11 nitrogen and oxygen atoms in total. The zero-order chi connectivity index (χ0) is 33.6. The van der Waals surface area contributed by atoms with Crippen molar-refractivity contribution in [2.45, 2.75) is 30.1 Å². The van der Waals surface area contributed by atoms with Crippen LogP contribution < -0.4 is 19.5 Å². The van der Waals surface area contributed by atoms with Crippen LogP contribution >= 0.6 is 0 Å². The summed E-state index contributed by atoms with van der Waals surface area (Å²) in [6.45, 7) is 4.83. The predicted octanol–water partition coefficient (Wildman–Crippen LogP) is 4.15. The molecule has 0 aliphatic carbocycles. The van der Waals surface area contributed by atoms with E-state index >= 15 is 0 Å². The van der Waals surface area contributed by atoms with Crippen LogP contribution in [0, 0.1) is 0 Å². The lowest BCUT2D eigenvalue weighted by molar-refractivity contribution is -0.274. The number of ether oxygens (including phenoxy) is 2. The van der Waals surface area contributed by atoms with Crippen LogP contribution in [0.2, 0.25) is 0 Å². The number of para-hydroxylation sites is 2. The summed E-state index contributed by atoms with van der Waals surface area (Å²) in [5.41, 5.74) is 0.265. The summed E-state index contributed by atoms with van der Waals surface area (Å²) in [7, 11) is -2.00. The van der Waals surface area contributed by atoms with Crippen molar-refractivity contribution >= 4 is 27.5 Å². The van der Waals surface area contributed by atoms with Crippen molar-refractivity contribution < 1.29 is 40.7 Å². The Kier molecular flexibility index (Phi) is 10.6. The Labute approximate surface area is 271 Å². The second-order valence-electron chi connectivity index (χ2n) is 11.4. The molecule has 2 N–H and O–H groups in total. The van der Waals surface area contributed by atoms with Gasteiger partial charge in [0.2, 0.25) is 5.91 Å². The lowest BCUT2D eigenvalue weighted by atomic mass is 10.0. The maximum atomic E-state index is 13.1. The highest BCUT2D eigenvalue weighted by Crippen LogP contribution is 2.32. The van der Waals surface area contributed by atoms with Gasteiger partial charge in [0.25, 0.3) is 15.9 Å². The first-order valence-corrected chi connectivity index (χ1v) is 16.6. The van der Waals surface area contributed by atoms with Gasteiger partial charge < -0.3 is 24.6 Å². The van der Waals surface area contributed by atoms with E-state index in [1.165, 1.54) is 48.5 Å². The zero-order valence-corrected chi connectivity index (χ0v) is 26.5.